The van der Waals surface area contributed by atoms with Crippen LogP contribution in [-0.4, -0.2) is 49.3 Å². The van der Waals surface area contributed by atoms with Crippen LogP contribution in [0.25, 0.3) is 0 Å². The molecule has 1 aromatic heterocycles. The summed E-state index contributed by atoms with van der Waals surface area (Å²) in [6.45, 7) is 6.63. The van der Waals surface area contributed by atoms with E-state index in [1.807, 2.05) is 12.4 Å². The molecule has 0 radical (unpaired) electrons. The first kappa shape index (κ1) is 15.9. The molecule has 0 aliphatic heterocycles. The second kappa shape index (κ2) is 8.87. The van der Waals surface area contributed by atoms with E-state index in [0.29, 0.717) is 19.7 Å². The zero-order valence-corrected chi connectivity index (χ0v) is 12.8. The minimum Gasteiger partial charge on any atom is -0.380 e. The summed E-state index contributed by atoms with van der Waals surface area (Å²) in [5, 5.41) is 2.84. The van der Waals surface area contributed by atoms with E-state index >= 15 is 0 Å². The molecule has 5 nitrogen and oxygen atoms in total. The van der Waals surface area contributed by atoms with Gasteiger partial charge < -0.3 is 15.0 Å². The van der Waals surface area contributed by atoms with E-state index < -0.39 is 0 Å². The van der Waals surface area contributed by atoms with Crippen LogP contribution in [0.5, 0.6) is 0 Å². The van der Waals surface area contributed by atoms with Crippen molar-refractivity contribution in [2.45, 2.75) is 26.7 Å². The Balaban J connectivity index is 2.16. The number of nitrogens with zero attached hydrogens (tertiary/aromatic N) is 2. The third-order valence-corrected chi connectivity index (χ3v) is 3.73. The number of amides is 2. The average Bonchev–Trinajstić information content (AvgIpc) is 2.81. The highest BCUT2D eigenvalue weighted by Gasteiger charge is 2.09. The molecule has 1 rings (SSSR count). The van der Waals surface area contributed by atoms with Gasteiger partial charge in [-0.3, -0.25) is 0 Å². The third kappa shape index (κ3) is 6.02. The summed E-state index contributed by atoms with van der Waals surface area (Å²) >= 11 is 1.64. The Morgan fingerprint density at radius 2 is 2.32 bits per heavy atom. The lowest BCUT2D eigenvalue weighted by molar-refractivity contribution is 0.135. The van der Waals surface area contributed by atoms with Gasteiger partial charge >= 0.3 is 6.03 Å². The van der Waals surface area contributed by atoms with Crippen LogP contribution in [0.3, 0.4) is 0 Å². The number of rotatable bonds is 8. The summed E-state index contributed by atoms with van der Waals surface area (Å²) in [6, 6.07) is -0.0535. The molecular weight excluding hydrogens is 262 g/mol. The van der Waals surface area contributed by atoms with Crippen LogP contribution in [0.4, 0.5) is 4.79 Å². The molecular formula is C13H23N3O2S. The van der Waals surface area contributed by atoms with Crippen molar-refractivity contribution in [3.05, 3.63) is 16.1 Å². The number of likely N-dealkylation sites (N-methyl/N-ethyl adjacent to an activating group) is 1. The van der Waals surface area contributed by atoms with Crippen LogP contribution in [-0.2, 0) is 11.2 Å². The van der Waals surface area contributed by atoms with E-state index in [4.69, 9.17) is 4.74 Å². The number of aromatic nitrogens is 1. The molecule has 0 unspecified atom stereocenters. The number of carbonyl (C=O) groups is 1. The van der Waals surface area contributed by atoms with Crippen LogP contribution >= 0.6 is 11.3 Å². The number of urea groups is 1. The highest BCUT2D eigenvalue weighted by molar-refractivity contribution is 7.09. The lowest BCUT2D eigenvalue weighted by Gasteiger charge is -2.17. The van der Waals surface area contributed by atoms with Gasteiger partial charge in [0.1, 0.15) is 0 Å². The standard InChI is InChI=1S/C13H23N3O2S/c1-4-8-18-9-6-14-13(17)16(3)7-5-12-11(2)15-10-19-12/h10H,4-9H2,1-3H3,(H,14,17). The minimum atomic E-state index is -0.0535. The topological polar surface area (TPSA) is 54.5 Å². The van der Waals surface area contributed by atoms with Crippen molar-refractivity contribution in [1.82, 2.24) is 15.2 Å². The zero-order valence-electron chi connectivity index (χ0n) is 11.9. The van der Waals surface area contributed by atoms with Gasteiger partial charge in [-0.1, -0.05) is 6.92 Å². The molecule has 0 aliphatic carbocycles. The Morgan fingerprint density at radius 3 is 2.95 bits per heavy atom. The first-order valence-electron chi connectivity index (χ1n) is 6.60. The molecule has 0 fully saturated rings. The molecule has 0 bridgehead atoms. The van der Waals surface area contributed by atoms with E-state index in [1.165, 1.54) is 4.88 Å². The summed E-state index contributed by atoms with van der Waals surface area (Å²) in [6.07, 6.45) is 1.86. The fraction of sp³-hybridized carbons (Fsp3) is 0.692. The van der Waals surface area contributed by atoms with Crippen LogP contribution in [0.15, 0.2) is 5.51 Å². The largest absolute Gasteiger partial charge is 0.380 e. The minimum absolute atomic E-state index is 0.0535. The smallest absolute Gasteiger partial charge is 0.317 e. The van der Waals surface area contributed by atoms with E-state index in [1.54, 1.807) is 23.3 Å². The number of aryl methyl sites for hydroxylation is 1. The van der Waals surface area contributed by atoms with E-state index in [9.17, 15) is 4.79 Å². The molecule has 0 saturated heterocycles. The highest BCUT2D eigenvalue weighted by Crippen LogP contribution is 2.12. The number of hydrogen-bond acceptors (Lipinski definition) is 4. The van der Waals surface area contributed by atoms with Crippen molar-refractivity contribution in [3.63, 3.8) is 0 Å². The van der Waals surface area contributed by atoms with Crippen molar-refractivity contribution in [2.75, 3.05) is 33.4 Å². The quantitative estimate of drug-likeness (QED) is 0.744. The second-order valence-electron chi connectivity index (χ2n) is 4.38. The number of thiazole rings is 1. The number of hydrogen-bond donors (Lipinski definition) is 1. The molecule has 0 saturated carbocycles. The van der Waals surface area contributed by atoms with Gasteiger partial charge in [0.05, 0.1) is 17.8 Å². The van der Waals surface area contributed by atoms with Crippen molar-refractivity contribution < 1.29 is 9.53 Å². The van der Waals surface area contributed by atoms with Crippen molar-refractivity contribution in [2.24, 2.45) is 0 Å². The molecule has 108 valence electrons. The maximum absolute atomic E-state index is 11.8. The van der Waals surface area contributed by atoms with Crippen molar-refractivity contribution in [3.8, 4) is 0 Å². The monoisotopic (exact) mass is 285 g/mol. The Morgan fingerprint density at radius 1 is 1.53 bits per heavy atom. The SMILES string of the molecule is CCCOCCNC(=O)N(C)CCc1scnc1C. The summed E-state index contributed by atoms with van der Waals surface area (Å²) in [4.78, 5) is 18.9. The van der Waals surface area contributed by atoms with E-state index in [2.05, 4.69) is 17.2 Å². The molecule has 0 aromatic carbocycles. The van der Waals surface area contributed by atoms with E-state index in [-0.39, 0.29) is 6.03 Å². The molecule has 19 heavy (non-hydrogen) atoms. The first-order valence-corrected chi connectivity index (χ1v) is 7.48. The van der Waals surface area contributed by atoms with Crippen molar-refractivity contribution in [1.29, 1.82) is 0 Å². The molecule has 6 heteroatoms. The van der Waals surface area contributed by atoms with Gasteiger partial charge in [0.15, 0.2) is 0 Å². The number of nitrogens with one attached hydrogen (secondary N) is 1. The first-order chi connectivity index (χ1) is 9.15. The summed E-state index contributed by atoms with van der Waals surface area (Å²) in [7, 11) is 1.80. The van der Waals surface area contributed by atoms with Crippen molar-refractivity contribution >= 4 is 17.4 Å². The Bertz CT molecular complexity index is 382. The third-order valence-electron chi connectivity index (χ3n) is 2.74. The lowest BCUT2D eigenvalue weighted by Crippen LogP contribution is -2.39. The fourth-order valence-electron chi connectivity index (χ4n) is 1.55. The summed E-state index contributed by atoms with van der Waals surface area (Å²) in [5.41, 5.74) is 2.90. The van der Waals surface area contributed by atoms with Gasteiger partial charge in [0.2, 0.25) is 0 Å². The van der Waals surface area contributed by atoms with Gasteiger partial charge in [0, 0.05) is 38.0 Å². The summed E-state index contributed by atoms with van der Waals surface area (Å²) in [5.74, 6) is 0. The van der Waals surface area contributed by atoms with Gasteiger partial charge in [0.25, 0.3) is 0 Å². The maximum Gasteiger partial charge on any atom is 0.317 e. The molecule has 2 amide bonds. The van der Waals surface area contributed by atoms with Gasteiger partial charge in [-0.05, 0) is 13.3 Å². The van der Waals surface area contributed by atoms with E-state index in [0.717, 1.165) is 25.1 Å². The maximum atomic E-state index is 11.8. The molecule has 0 aliphatic rings. The van der Waals surface area contributed by atoms with Crippen LogP contribution in [0, 0.1) is 6.92 Å². The van der Waals surface area contributed by atoms with Gasteiger partial charge in [-0.25, -0.2) is 9.78 Å². The Hall–Kier alpha value is -1.14. The van der Waals surface area contributed by atoms with Gasteiger partial charge in [-0.15, -0.1) is 11.3 Å². The highest BCUT2D eigenvalue weighted by atomic mass is 32.1. The number of carbonyl (C=O) groups excluding carboxylic acids is 1. The molecule has 1 aromatic rings. The summed E-state index contributed by atoms with van der Waals surface area (Å²) < 4.78 is 5.31. The Kier molecular flexibility index (Phi) is 7.43. The number of ether oxygens (including phenoxy) is 1. The molecule has 0 spiro atoms. The predicted molar refractivity (Wildman–Crippen MR) is 77.7 cm³/mol. The van der Waals surface area contributed by atoms with Crippen LogP contribution in [0.2, 0.25) is 0 Å². The average molecular weight is 285 g/mol. The second-order valence-corrected chi connectivity index (χ2v) is 5.32. The lowest BCUT2D eigenvalue weighted by atomic mass is 10.3. The fourth-order valence-corrected chi connectivity index (χ4v) is 2.32. The molecule has 1 heterocycles. The van der Waals surface area contributed by atoms with Crippen LogP contribution in [0.1, 0.15) is 23.9 Å². The normalized spacial score (nSPS) is 10.5. The van der Waals surface area contributed by atoms with Crippen LogP contribution < -0.4 is 5.32 Å². The zero-order chi connectivity index (χ0) is 14.1. The molecule has 0 atom stereocenters. The Labute approximate surface area is 119 Å². The predicted octanol–water partition coefficient (Wildman–Crippen LogP) is 2.06. The molecule has 1 N–H and O–H groups in total. The van der Waals surface area contributed by atoms with Gasteiger partial charge in [-0.2, -0.15) is 0 Å².